The van der Waals surface area contributed by atoms with Crippen LogP contribution in [-0.2, 0) is 9.59 Å². The Labute approximate surface area is 155 Å². The molecule has 0 saturated heterocycles. The predicted octanol–water partition coefficient (Wildman–Crippen LogP) is 3.31. The Morgan fingerprint density at radius 1 is 1.08 bits per heavy atom. The van der Waals surface area contributed by atoms with Crippen molar-refractivity contribution in [3.05, 3.63) is 47.5 Å². The number of esters is 1. The maximum absolute atomic E-state index is 12.0. The Kier molecular flexibility index (Phi) is 5.68. The van der Waals surface area contributed by atoms with Crippen LogP contribution in [0.1, 0.15) is 11.1 Å². The van der Waals surface area contributed by atoms with Gasteiger partial charge >= 0.3 is 5.97 Å². The van der Waals surface area contributed by atoms with E-state index in [9.17, 15) is 9.59 Å². The molecule has 0 fully saturated rings. The summed E-state index contributed by atoms with van der Waals surface area (Å²) in [5, 5.41) is 2.85. The van der Waals surface area contributed by atoms with E-state index in [-0.39, 0.29) is 24.2 Å². The maximum Gasteiger partial charge on any atom is 0.321 e. The number of aryl methyl sites for hydroxylation is 2. The van der Waals surface area contributed by atoms with Crippen molar-refractivity contribution in [1.82, 2.24) is 0 Å². The molecule has 0 spiro atoms. The number of thioether (sulfide) groups is 1. The highest BCUT2D eigenvalue weighted by atomic mass is 32.2. The number of hydrogen-bond acceptors (Lipinski definition) is 6. The van der Waals surface area contributed by atoms with Crippen LogP contribution in [-0.4, -0.2) is 30.2 Å². The minimum atomic E-state index is -0.423. The Balaban J connectivity index is 1.42. The van der Waals surface area contributed by atoms with Crippen molar-refractivity contribution in [2.45, 2.75) is 13.8 Å². The molecule has 2 aromatic carbocycles. The molecule has 1 amide bonds. The first kappa shape index (κ1) is 18.1. The Bertz CT molecular complexity index is 837. The van der Waals surface area contributed by atoms with Gasteiger partial charge in [0, 0.05) is 11.8 Å². The molecule has 1 aliphatic heterocycles. The molecule has 1 heterocycles. The molecule has 0 radical (unpaired) electrons. The van der Waals surface area contributed by atoms with Crippen LogP contribution in [0.3, 0.4) is 0 Å². The van der Waals surface area contributed by atoms with Gasteiger partial charge in [0.15, 0.2) is 11.5 Å². The van der Waals surface area contributed by atoms with Gasteiger partial charge in [0.25, 0.3) is 0 Å². The molecule has 0 aromatic heterocycles. The van der Waals surface area contributed by atoms with Gasteiger partial charge in [0.2, 0.25) is 12.7 Å². The highest BCUT2D eigenvalue weighted by Gasteiger charge is 2.15. The summed E-state index contributed by atoms with van der Waals surface area (Å²) in [5.74, 6) is 1.24. The van der Waals surface area contributed by atoms with Gasteiger partial charge in [-0.1, -0.05) is 17.7 Å². The summed E-state index contributed by atoms with van der Waals surface area (Å²) in [6.07, 6.45) is 0. The average Bonchev–Trinajstić information content (AvgIpc) is 3.05. The number of benzene rings is 2. The summed E-state index contributed by atoms with van der Waals surface area (Å²) >= 11 is 1.20. The van der Waals surface area contributed by atoms with Crippen molar-refractivity contribution >= 4 is 29.3 Å². The summed E-state index contributed by atoms with van der Waals surface area (Å²) in [6.45, 7) is 4.11. The lowest BCUT2D eigenvalue weighted by molar-refractivity contribution is -0.131. The van der Waals surface area contributed by atoms with E-state index in [0.717, 1.165) is 16.8 Å². The summed E-state index contributed by atoms with van der Waals surface area (Å²) in [7, 11) is 0. The van der Waals surface area contributed by atoms with E-state index in [1.165, 1.54) is 11.8 Å². The van der Waals surface area contributed by atoms with Crippen LogP contribution < -0.4 is 19.5 Å². The Morgan fingerprint density at radius 3 is 2.69 bits per heavy atom. The number of fused-ring (bicyclic) bond motifs is 1. The zero-order chi connectivity index (χ0) is 18.5. The monoisotopic (exact) mass is 373 g/mol. The second-order valence-electron chi connectivity index (χ2n) is 5.85. The lowest BCUT2D eigenvalue weighted by atomic mass is 10.1. The maximum atomic E-state index is 12.0. The van der Waals surface area contributed by atoms with Crippen LogP contribution in [0.4, 0.5) is 5.69 Å². The zero-order valence-corrected chi connectivity index (χ0v) is 15.4. The summed E-state index contributed by atoms with van der Waals surface area (Å²) < 4.78 is 15.7. The SMILES string of the molecule is Cc1ccc(NC(=O)CSCC(=O)Oc2ccc3c(c2)OCO3)c(C)c1. The minimum absolute atomic E-state index is 0.0781. The molecule has 1 N–H and O–H groups in total. The Hall–Kier alpha value is -2.67. The van der Waals surface area contributed by atoms with Crippen molar-refractivity contribution in [3.8, 4) is 17.2 Å². The Morgan fingerprint density at radius 2 is 1.88 bits per heavy atom. The van der Waals surface area contributed by atoms with E-state index < -0.39 is 5.97 Å². The smallest absolute Gasteiger partial charge is 0.321 e. The second kappa shape index (κ2) is 8.14. The van der Waals surface area contributed by atoms with Gasteiger partial charge in [0.1, 0.15) is 5.75 Å². The number of carbonyl (C=O) groups is 2. The quantitative estimate of drug-likeness (QED) is 0.619. The molecular formula is C19H19NO5S. The van der Waals surface area contributed by atoms with E-state index in [1.54, 1.807) is 18.2 Å². The summed E-state index contributed by atoms with van der Waals surface area (Å²) in [4.78, 5) is 23.9. The van der Waals surface area contributed by atoms with E-state index in [0.29, 0.717) is 17.2 Å². The molecule has 0 atom stereocenters. The number of rotatable bonds is 6. The number of carbonyl (C=O) groups excluding carboxylic acids is 2. The number of hydrogen-bond donors (Lipinski definition) is 1. The van der Waals surface area contributed by atoms with Crippen LogP contribution in [0.2, 0.25) is 0 Å². The van der Waals surface area contributed by atoms with Crippen LogP contribution in [0, 0.1) is 13.8 Å². The first-order chi connectivity index (χ1) is 12.5. The molecule has 0 bridgehead atoms. The molecular weight excluding hydrogens is 354 g/mol. The van der Waals surface area contributed by atoms with Gasteiger partial charge in [-0.3, -0.25) is 9.59 Å². The summed E-state index contributed by atoms with van der Waals surface area (Å²) in [6, 6.07) is 10.8. The lowest BCUT2D eigenvalue weighted by Crippen LogP contribution is -2.17. The molecule has 136 valence electrons. The molecule has 0 unspecified atom stereocenters. The van der Waals surface area contributed by atoms with E-state index >= 15 is 0 Å². The highest BCUT2D eigenvalue weighted by molar-refractivity contribution is 8.00. The van der Waals surface area contributed by atoms with Crippen molar-refractivity contribution < 1.29 is 23.8 Å². The van der Waals surface area contributed by atoms with E-state index in [2.05, 4.69) is 5.32 Å². The highest BCUT2D eigenvalue weighted by Crippen LogP contribution is 2.35. The molecule has 3 rings (SSSR count). The average molecular weight is 373 g/mol. The van der Waals surface area contributed by atoms with Gasteiger partial charge < -0.3 is 19.5 Å². The van der Waals surface area contributed by atoms with Gasteiger partial charge in [-0.15, -0.1) is 11.8 Å². The zero-order valence-electron chi connectivity index (χ0n) is 14.5. The fourth-order valence-corrected chi connectivity index (χ4v) is 3.05. The molecule has 0 saturated carbocycles. The predicted molar refractivity (Wildman–Crippen MR) is 100 cm³/mol. The first-order valence-corrected chi connectivity index (χ1v) is 9.22. The number of ether oxygens (including phenoxy) is 3. The third-order valence-corrected chi connectivity index (χ3v) is 4.59. The lowest BCUT2D eigenvalue weighted by Gasteiger charge is -2.09. The number of anilines is 1. The fourth-order valence-electron chi connectivity index (χ4n) is 2.47. The molecule has 26 heavy (non-hydrogen) atoms. The van der Waals surface area contributed by atoms with Crippen LogP contribution >= 0.6 is 11.8 Å². The number of amides is 1. The van der Waals surface area contributed by atoms with Crippen LogP contribution in [0.25, 0.3) is 0 Å². The normalized spacial score (nSPS) is 11.9. The first-order valence-electron chi connectivity index (χ1n) is 8.06. The molecule has 1 aliphatic rings. The molecule has 0 aliphatic carbocycles. The standard InChI is InChI=1S/C19H19NO5S/c1-12-3-5-15(13(2)7-12)20-18(21)9-26-10-19(22)25-14-4-6-16-17(8-14)24-11-23-16/h3-8H,9-11H2,1-2H3,(H,20,21). The largest absolute Gasteiger partial charge is 0.454 e. The van der Waals surface area contributed by atoms with E-state index in [1.807, 2.05) is 32.0 Å². The summed E-state index contributed by atoms with van der Waals surface area (Å²) in [5.41, 5.74) is 2.93. The molecule has 2 aromatic rings. The van der Waals surface area contributed by atoms with Gasteiger partial charge in [-0.05, 0) is 37.6 Å². The topological polar surface area (TPSA) is 73.9 Å². The van der Waals surface area contributed by atoms with Crippen LogP contribution in [0.15, 0.2) is 36.4 Å². The molecule has 7 heteroatoms. The third-order valence-electron chi connectivity index (χ3n) is 3.68. The minimum Gasteiger partial charge on any atom is -0.454 e. The van der Waals surface area contributed by atoms with Crippen LogP contribution in [0.5, 0.6) is 17.2 Å². The van der Waals surface area contributed by atoms with Gasteiger partial charge in [0.05, 0.1) is 11.5 Å². The van der Waals surface area contributed by atoms with Crippen molar-refractivity contribution in [3.63, 3.8) is 0 Å². The van der Waals surface area contributed by atoms with Gasteiger partial charge in [-0.25, -0.2) is 0 Å². The van der Waals surface area contributed by atoms with Gasteiger partial charge in [-0.2, -0.15) is 0 Å². The molecule has 6 nitrogen and oxygen atoms in total. The third kappa shape index (κ3) is 4.70. The second-order valence-corrected chi connectivity index (χ2v) is 6.83. The van der Waals surface area contributed by atoms with Crippen molar-refractivity contribution in [1.29, 1.82) is 0 Å². The van der Waals surface area contributed by atoms with E-state index in [4.69, 9.17) is 14.2 Å². The van der Waals surface area contributed by atoms with Crippen molar-refractivity contribution in [2.24, 2.45) is 0 Å². The fraction of sp³-hybridized carbons (Fsp3) is 0.263. The van der Waals surface area contributed by atoms with Crippen molar-refractivity contribution in [2.75, 3.05) is 23.6 Å². The number of nitrogens with one attached hydrogen (secondary N) is 1.